The van der Waals surface area contributed by atoms with Crippen molar-refractivity contribution in [2.24, 2.45) is 0 Å². The lowest BCUT2D eigenvalue weighted by Crippen LogP contribution is -2.52. The van der Waals surface area contributed by atoms with Crippen LogP contribution >= 0.6 is 11.3 Å². The van der Waals surface area contributed by atoms with Gasteiger partial charge < -0.3 is 10.2 Å². The minimum Gasteiger partial charge on any atom is -0.326 e. The lowest BCUT2D eigenvalue weighted by Gasteiger charge is -2.29. The molecule has 0 radical (unpaired) electrons. The first-order chi connectivity index (χ1) is 17.2. The Morgan fingerprint density at radius 1 is 1.22 bits per heavy atom. The van der Waals surface area contributed by atoms with Gasteiger partial charge in [0, 0.05) is 6.42 Å². The number of piperidine rings is 1. The summed E-state index contributed by atoms with van der Waals surface area (Å²) in [6.07, 6.45) is 0.424. The molecule has 0 spiro atoms. The summed E-state index contributed by atoms with van der Waals surface area (Å²) < 4.78 is 0.852. The van der Waals surface area contributed by atoms with Crippen LogP contribution in [-0.4, -0.2) is 44.7 Å². The number of hydrogen-bond acceptors (Lipinski definition) is 8. The number of para-hydroxylation sites is 1. The molecule has 5 rings (SSSR count). The van der Waals surface area contributed by atoms with Crippen LogP contribution in [0, 0.1) is 11.3 Å². The van der Waals surface area contributed by atoms with Crippen LogP contribution < -0.4 is 16.0 Å². The van der Waals surface area contributed by atoms with Crippen LogP contribution in [0.1, 0.15) is 53.3 Å². The van der Waals surface area contributed by atoms with Crippen LogP contribution in [0.2, 0.25) is 0 Å². The second-order valence-electron chi connectivity index (χ2n) is 9.08. The molecule has 2 aromatic heterocycles. The summed E-state index contributed by atoms with van der Waals surface area (Å²) in [6.45, 7) is 3.72. The molecule has 0 aliphatic carbocycles. The summed E-state index contributed by atoms with van der Waals surface area (Å²) in [5.41, 5.74) is 1.03. The molecule has 0 bridgehead atoms. The monoisotopic (exact) mass is 503 g/mol. The maximum atomic E-state index is 12.8. The molecule has 11 nitrogen and oxygen atoms in total. The molecular formula is C24H21N7O4S. The van der Waals surface area contributed by atoms with E-state index in [1.54, 1.807) is 18.2 Å². The van der Waals surface area contributed by atoms with E-state index >= 15 is 0 Å². The highest BCUT2D eigenvalue weighted by molar-refractivity contribution is 7.18. The number of benzene rings is 1. The number of urea groups is 1. The third-order valence-electron chi connectivity index (χ3n) is 6.11. The van der Waals surface area contributed by atoms with Crippen LogP contribution in [0.4, 0.5) is 10.6 Å². The minimum atomic E-state index is -0.838. The smallest absolute Gasteiger partial charge is 0.321 e. The summed E-state index contributed by atoms with van der Waals surface area (Å²) in [5.74, 6) is -0.938. The molecule has 182 valence electrons. The Bertz CT molecular complexity index is 1490. The normalized spacial score (nSPS) is 17.5. The van der Waals surface area contributed by atoms with Crippen molar-refractivity contribution in [2.75, 3.05) is 5.32 Å². The maximum Gasteiger partial charge on any atom is 0.321 e. The molecule has 1 aromatic carbocycles. The van der Waals surface area contributed by atoms with Gasteiger partial charge in [0.15, 0.2) is 0 Å². The number of carbonyl (C=O) groups is 4. The number of nitriles is 1. The third kappa shape index (κ3) is 4.14. The predicted octanol–water partition coefficient (Wildman–Crippen LogP) is 2.38. The van der Waals surface area contributed by atoms with Crippen LogP contribution in [0.15, 0.2) is 30.3 Å². The average molecular weight is 504 g/mol. The van der Waals surface area contributed by atoms with Crippen LogP contribution in [0.5, 0.6) is 0 Å². The molecule has 36 heavy (non-hydrogen) atoms. The maximum absolute atomic E-state index is 12.8. The number of hydrogen-bond donors (Lipinski definition) is 3. The van der Waals surface area contributed by atoms with Crippen LogP contribution in [0.3, 0.4) is 0 Å². The number of carbonyl (C=O) groups excluding carboxylic acids is 4. The van der Waals surface area contributed by atoms with Gasteiger partial charge in [0.25, 0.3) is 5.91 Å². The van der Waals surface area contributed by atoms with Crippen molar-refractivity contribution in [2.45, 2.75) is 44.8 Å². The molecular weight excluding hydrogens is 482 g/mol. The summed E-state index contributed by atoms with van der Waals surface area (Å²) >= 11 is 1.40. The fourth-order valence-corrected chi connectivity index (χ4v) is 5.35. The summed E-state index contributed by atoms with van der Waals surface area (Å²) in [4.78, 5) is 59.6. The standard InChI is InChI=1S/C24H21N7O4S/c1-24(2,22-29-19-12(10-25)4-3-5-16(19)36-22)30-23(35)27-17-8-6-13-14(26-17)11-31(21(13)34)15-7-9-18(32)28-20(15)33/h3-6,8,15H,7,9,11H2,1-2H3,(H,28,32,33)(H2,26,27,30,35). The fourth-order valence-electron chi connectivity index (χ4n) is 4.30. The Labute approximate surface area is 209 Å². The largest absolute Gasteiger partial charge is 0.326 e. The van der Waals surface area contributed by atoms with Crippen molar-refractivity contribution in [1.29, 1.82) is 5.26 Å². The van der Waals surface area contributed by atoms with Crippen molar-refractivity contribution in [1.82, 2.24) is 25.5 Å². The molecule has 5 amide bonds. The van der Waals surface area contributed by atoms with Crippen molar-refractivity contribution in [3.63, 3.8) is 0 Å². The molecule has 2 aliphatic heterocycles. The van der Waals surface area contributed by atoms with E-state index in [0.29, 0.717) is 27.3 Å². The van der Waals surface area contributed by atoms with Gasteiger partial charge in [-0.2, -0.15) is 5.26 Å². The zero-order valence-corrected chi connectivity index (χ0v) is 20.2. The number of amides is 5. The molecule has 3 N–H and O–H groups in total. The topological polar surface area (TPSA) is 157 Å². The second kappa shape index (κ2) is 8.69. The number of anilines is 1. The van der Waals surface area contributed by atoms with Crippen LogP contribution in [0.25, 0.3) is 10.2 Å². The Morgan fingerprint density at radius 3 is 2.78 bits per heavy atom. The average Bonchev–Trinajstić information content (AvgIpc) is 3.40. The number of imide groups is 1. The van der Waals surface area contributed by atoms with Gasteiger partial charge in [-0.25, -0.2) is 14.8 Å². The molecule has 2 aliphatic rings. The number of thiazole rings is 1. The molecule has 4 heterocycles. The number of aromatic nitrogens is 2. The van der Waals surface area contributed by atoms with E-state index < -0.39 is 23.5 Å². The van der Waals surface area contributed by atoms with Gasteiger partial charge in [-0.1, -0.05) is 6.07 Å². The predicted molar refractivity (Wildman–Crippen MR) is 130 cm³/mol. The molecule has 3 aromatic rings. The Kier molecular flexibility index (Phi) is 5.64. The first-order valence-corrected chi connectivity index (χ1v) is 12.0. The lowest BCUT2D eigenvalue weighted by molar-refractivity contribution is -0.136. The highest BCUT2D eigenvalue weighted by atomic mass is 32.1. The minimum absolute atomic E-state index is 0.107. The van der Waals surface area contributed by atoms with Gasteiger partial charge in [-0.3, -0.25) is 25.0 Å². The Morgan fingerprint density at radius 2 is 2.03 bits per heavy atom. The summed E-state index contributed by atoms with van der Waals surface area (Å²) in [6, 6.07) is 9.33. The van der Waals surface area contributed by atoms with E-state index in [9.17, 15) is 24.4 Å². The van der Waals surface area contributed by atoms with Gasteiger partial charge in [0.05, 0.1) is 39.1 Å². The first kappa shape index (κ1) is 23.4. The van der Waals surface area contributed by atoms with Crippen LogP contribution in [-0.2, 0) is 21.7 Å². The van der Waals surface area contributed by atoms with Crippen molar-refractivity contribution in [3.8, 4) is 6.07 Å². The van der Waals surface area contributed by atoms with Crippen molar-refractivity contribution >= 4 is 51.1 Å². The molecule has 1 atom stereocenters. The van der Waals surface area contributed by atoms with E-state index in [-0.39, 0.29) is 37.0 Å². The SMILES string of the molecule is CC(C)(NC(=O)Nc1ccc2c(n1)CN(C1CCC(=O)NC1=O)C2=O)c1nc2c(C#N)cccc2s1. The van der Waals surface area contributed by atoms with Gasteiger partial charge in [-0.05, 0) is 44.5 Å². The first-order valence-electron chi connectivity index (χ1n) is 11.2. The van der Waals surface area contributed by atoms with Gasteiger partial charge in [-0.15, -0.1) is 11.3 Å². The third-order valence-corrected chi connectivity index (χ3v) is 7.46. The van der Waals surface area contributed by atoms with E-state index in [1.807, 2.05) is 19.9 Å². The van der Waals surface area contributed by atoms with E-state index in [4.69, 9.17) is 0 Å². The quantitative estimate of drug-likeness (QED) is 0.461. The lowest BCUT2D eigenvalue weighted by atomic mass is 10.0. The highest BCUT2D eigenvalue weighted by Gasteiger charge is 2.40. The number of rotatable bonds is 4. The zero-order valence-electron chi connectivity index (χ0n) is 19.4. The van der Waals surface area contributed by atoms with E-state index in [2.05, 4.69) is 32.0 Å². The number of fused-ring (bicyclic) bond motifs is 2. The van der Waals surface area contributed by atoms with Crippen molar-refractivity contribution < 1.29 is 19.2 Å². The van der Waals surface area contributed by atoms with E-state index in [0.717, 1.165) is 4.70 Å². The summed E-state index contributed by atoms with van der Waals surface area (Å²) in [7, 11) is 0. The Balaban J connectivity index is 1.29. The number of pyridine rings is 1. The fraction of sp³-hybridized carbons (Fsp3) is 0.292. The second-order valence-corrected chi connectivity index (χ2v) is 10.1. The van der Waals surface area contributed by atoms with Crippen molar-refractivity contribution in [3.05, 3.63) is 52.2 Å². The number of nitrogens with zero attached hydrogens (tertiary/aromatic N) is 4. The Hall–Kier alpha value is -4.37. The molecule has 0 saturated carbocycles. The highest BCUT2D eigenvalue weighted by Crippen LogP contribution is 2.32. The van der Waals surface area contributed by atoms with Gasteiger partial charge in [0.2, 0.25) is 11.8 Å². The van der Waals surface area contributed by atoms with E-state index in [1.165, 1.54) is 22.3 Å². The summed E-state index contributed by atoms with van der Waals surface area (Å²) in [5, 5.41) is 17.8. The van der Waals surface area contributed by atoms with Gasteiger partial charge >= 0.3 is 6.03 Å². The van der Waals surface area contributed by atoms with Gasteiger partial charge in [0.1, 0.15) is 22.9 Å². The zero-order chi connectivity index (χ0) is 25.6. The molecule has 1 unspecified atom stereocenters. The number of nitrogens with one attached hydrogen (secondary N) is 3. The molecule has 12 heteroatoms. The molecule has 1 fully saturated rings. The molecule has 1 saturated heterocycles.